The van der Waals surface area contributed by atoms with Crippen molar-refractivity contribution < 1.29 is 14.3 Å². The molecule has 3 rings (SSSR count). The summed E-state index contributed by atoms with van der Waals surface area (Å²) in [5.74, 6) is 1.39. The van der Waals surface area contributed by atoms with Crippen LogP contribution < -0.4 is 15.2 Å². The summed E-state index contributed by atoms with van der Waals surface area (Å²) >= 11 is 0. The standard InChI is InChI=1S/C18H26N2O3/c1-22-17-11-13(18(21)20-10-4-5-14(20)12-19)8-9-16(17)23-15-6-2-3-7-15/h8-9,11,14-15H,2-7,10,12,19H2,1H3. The predicted octanol–water partition coefficient (Wildman–Crippen LogP) is 2.58. The van der Waals surface area contributed by atoms with E-state index in [1.165, 1.54) is 12.8 Å². The van der Waals surface area contributed by atoms with Crippen molar-refractivity contribution in [2.45, 2.75) is 50.7 Å². The third-order valence-electron chi connectivity index (χ3n) is 4.92. The van der Waals surface area contributed by atoms with Gasteiger partial charge in [-0.3, -0.25) is 4.79 Å². The zero-order chi connectivity index (χ0) is 16.2. The van der Waals surface area contributed by atoms with Gasteiger partial charge in [-0.1, -0.05) is 0 Å². The maximum Gasteiger partial charge on any atom is 0.254 e. The third kappa shape index (κ3) is 3.44. The van der Waals surface area contributed by atoms with Crippen molar-refractivity contribution in [1.82, 2.24) is 4.90 Å². The van der Waals surface area contributed by atoms with E-state index in [9.17, 15) is 4.79 Å². The first-order chi connectivity index (χ1) is 11.2. The molecular weight excluding hydrogens is 292 g/mol. The Balaban J connectivity index is 1.76. The molecule has 1 heterocycles. The number of methoxy groups -OCH3 is 1. The second-order valence-corrected chi connectivity index (χ2v) is 6.42. The molecule has 0 spiro atoms. The van der Waals surface area contributed by atoms with E-state index in [1.807, 2.05) is 17.0 Å². The highest BCUT2D eigenvalue weighted by Crippen LogP contribution is 2.33. The Kier molecular flexibility index (Phi) is 5.06. The number of rotatable bonds is 5. The van der Waals surface area contributed by atoms with Crippen LogP contribution in [-0.4, -0.2) is 43.2 Å². The number of hydrogen-bond donors (Lipinski definition) is 1. The summed E-state index contributed by atoms with van der Waals surface area (Å²) in [5, 5.41) is 0. The summed E-state index contributed by atoms with van der Waals surface area (Å²) < 4.78 is 11.5. The average Bonchev–Trinajstić information content (AvgIpc) is 3.25. The zero-order valence-electron chi connectivity index (χ0n) is 13.8. The van der Waals surface area contributed by atoms with Crippen LogP contribution in [0.15, 0.2) is 18.2 Å². The minimum absolute atomic E-state index is 0.0312. The van der Waals surface area contributed by atoms with E-state index in [2.05, 4.69) is 0 Å². The second kappa shape index (κ2) is 7.21. The Morgan fingerprint density at radius 3 is 2.70 bits per heavy atom. The van der Waals surface area contributed by atoms with Gasteiger partial charge in [-0.25, -0.2) is 0 Å². The van der Waals surface area contributed by atoms with Crippen molar-refractivity contribution in [3.8, 4) is 11.5 Å². The number of ether oxygens (including phenoxy) is 2. The van der Waals surface area contributed by atoms with Crippen LogP contribution in [0.25, 0.3) is 0 Å². The fourth-order valence-corrected chi connectivity index (χ4v) is 3.60. The van der Waals surface area contributed by atoms with Crippen molar-refractivity contribution in [2.75, 3.05) is 20.2 Å². The van der Waals surface area contributed by atoms with Crippen LogP contribution in [0.4, 0.5) is 0 Å². The van der Waals surface area contributed by atoms with Crippen molar-refractivity contribution in [1.29, 1.82) is 0 Å². The SMILES string of the molecule is COc1cc(C(=O)N2CCCC2CN)ccc1OC1CCCC1. The molecule has 2 aliphatic rings. The summed E-state index contributed by atoms with van der Waals surface area (Å²) in [7, 11) is 1.61. The largest absolute Gasteiger partial charge is 0.493 e. The highest BCUT2D eigenvalue weighted by atomic mass is 16.5. The van der Waals surface area contributed by atoms with Crippen LogP contribution in [0.2, 0.25) is 0 Å². The molecular formula is C18H26N2O3. The van der Waals surface area contributed by atoms with E-state index in [0.29, 0.717) is 17.9 Å². The van der Waals surface area contributed by atoms with Crippen molar-refractivity contribution >= 4 is 5.91 Å². The lowest BCUT2D eigenvalue weighted by Crippen LogP contribution is -2.39. The molecule has 1 unspecified atom stereocenters. The molecule has 1 saturated heterocycles. The number of carbonyl (C=O) groups is 1. The fraction of sp³-hybridized carbons (Fsp3) is 0.611. The number of carbonyl (C=O) groups excluding carboxylic acids is 1. The molecule has 0 aromatic heterocycles. The molecule has 1 aromatic carbocycles. The first kappa shape index (κ1) is 16.1. The first-order valence-corrected chi connectivity index (χ1v) is 8.58. The summed E-state index contributed by atoms with van der Waals surface area (Å²) in [5.41, 5.74) is 6.41. The van der Waals surface area contributed by atoms with Gasteiger partial charge in [-0.2, -0.15) is 0 Å². The van der Waals surface area contributed by atoms with Gasteiger partial charge in [-0.15, -0.1) is 0 Å². The molecule has 23 heavy (non-hydrogen) atoms. The van der Waals surface area contributed by atoms with Crippen LogP contribution in [-0.2, 0) is 0 Å². The maximum atomic E-state index is 12.7. The molecule has 1 aromatic rings. The molecule has 5 nitrogen and oxygen atoms in total. The maximum absolute atomic E-state index is 12.7. The number of benzene rings is 1. The smallest absolute Gasteiger partial charge is 0.254 e. The second-order valence-electron chi connectivity index (χ2n) is 6.42. The molecule has 1 saturated carbocycles. The zero-order valence-corrected chi connectivity index (χ0v) is 13.8. The number of nitrogens with two attached hydrogens (primary N) is 1. The van der Waals surface area contributed by atoms with E-state index in [0.717, 1.165) is 38.0 Å². The Morgan fingerprint density at radius 2 is 2.00 bits per heavy atom. The number of nitrogens with zero attached hydrogens (tertiary/aromatic N) is 1. The van der Waals surface area contributed by atoms with E-state index in [-0.39, 0.29) is 18.1 Å². The van der Waals surface area contributed by atoms with Crippen molar-refractivity contribution in [3.63, 3.8) is 0 Å². The molecule has 1 amide bonds. The van der Waals surface area contributed by atoms with Gasteiger partial charge in [0.15, 0.2) is 11.5 Å². The average molecular weight is 318 g/mol. The van der Waals surface area contributed by atoms with Gasteiger partial charge in [0.1, 0.15) is 0 Å². The minimum atomic E-state index is 0.0312. The number of hydrogen-bond acceptors (Lipinski definition) is 4. The summed E-state index contributed by atoms with van der Waals surface area (Å²) in [6.45, 7) is 1.30. The van der Waals surface area contributed by atoms with Gasteiger partial charge in [0, 0.05) is 24.7 Å². The van der Waals surface area contributed by atoms with Crippen molar-refractivity contribution in [2.24, 2.45) is 5.73 Å². The highest BCUT2D eigenvalue weighted by molar-refractivity contribution is 5.95. The van der Waals surface area contributed by atoms with Gasteiger partial charge in [0.25, 0.3) is 5.91 Å². The Labute approximate surface area is 137 Å². The molecule has 5 heteroatoms. The Morgan fingerprint density at radius 1 is 1.22 bits per heavy atom. The highest BCUT2D eigenvalue weighted by Gasteiger charge is 2.29. The van der Waals surface area contributed by atoms with Crippen LogP contribution in [0.3, 0.4) is 0 Å². The molecule has 0 bridgehead atoms. The molecule has 2 fully saturated rings. The molecule has 126 valence electrons. The normalized spacial score (nSPS) is 21.7. The van der Waals surface area contributed by atoms with Gasteiger partial charge in [0.2, 0.25) is 0 Å². The molecule has 1 atom stereocenters. The topological polar surface area (TPSA) is 64.8 Å². The van der Waals surface area contributed by atoms with Gasteiger partial charge < -0.3 is 20.1 Å². The molecule has 1 aliphatic carbocycles. The number of likely N-dealkylation sites (tertiary alicyclic amines) is 1. The minimum Gasteiger partial charge on any atom is -0.493 e. The predicted molar refractivity (Wildman–Crippen MR) is 89.0 cm³/mol. The lowest BCUT2D eigenvalue weighted by molar-refractivity contribution is 0.0740. The molecule has 0 radical (unpaired) electrons. The molecule has 1 aliphatic heterocycles. The van der Waals surface area contributed by atoms with Crippen LogP contribution in [0.5, 0.6) is 11.5 Å². The van der Waals surface area contributed by atoms with Gasteiger partial charge in [-0.05, 0) is 56.7 Å². The quantitative estimate of drug-likeness (QED) is 0.906. The van der Waals surface area contributed by atoms with Crippen LogP contribution in [0.1, 0.15) is 48.9 Å². The summed E-state index contributed by atoms with van der Waals surface area (Å²) in [6.07, 6.45) is 6.91. The molecule has 2 N–H and O–H groups in total. The Hall–Kier alpha value is -1.75. The lowest BCUT2D eigenvalue weighted by Gasteiger charge is -2.24. The number of amides is 1. The third-order valence-corrected chi connectivity index (χ3v) is 4.92. The van der Waals surface area contributed by atoms with Crippen molar-refractivity contribution in [3.05, 3.63) is 23.8 Å². The van der Waals surface area contributed by atoms with Crippen LogP contribution in [0, 0.1) is 0 Å². The Bertz CT molecular complexity index is 555. The first-order valence-electron chi connectivity index (χ1n) is 8.58. The summed E-state index contributed by atoms with van der Waals surface area (Å²) in [4.78, 5) is 14.6. The van der Waals surface area contributed by atoms with E-state index >= 15 is 0 Å². The lowest BCUT2D eigenvalue weighted by atomic mass is 10.1. The van der Waals surface area contributed by atoms with Crippen LogP contribution >= 0.6 is 0 Å². The summed E-state index contributed by atoms with van der Waals surface area (Å²) in [6, 6.07) is 5.64. The fourth-order valence-electron chi connectivity index (χ4n) is 3.60. The monoisotopic (exact) mass is 318 g/mol. The van der Waals surface area contributed by atoms with E-state index in [4.69, 9.17) is 15.2 Å². The van der Waals surface area contributed by atoms with E-state index < -0.39 is 0 Å². The van der Waals surface area contributed by atoms with Gasteiger partial charge >= 0.3 is 0 Å². The van der Waals surface area contributed by atoms with E-state index in [1.54, 1.807) is 13.2 Å². The van der Waals surface area contributed by atoms with Gasteiger partial charge in [0.05, 0.1) is 13.2 Å².